The van der Waals surface area contributed by atoms with Gasteiger partial charge in [-0.1, -0.05) is 13.8 Å². The average molecular weight is 183 g/mol. The summed E-state index contributed by atoms with van der Waals surface area (Å²) in [5.41, 5.74) is 0.834. The van der Waals surface area contributed by atoms with Crippen molar-refractivity contribution in [1.82, 2.24) is 16.0 Å². The van der Waals surface area contributed by atoms with Gasteiger partial charge in [0, 0.05) is 50.1 Å². The fourth-order valence-corrected chi connectivity index (χ4v) is 2.50. The van der Waals surface area contributed by atoms with Crippen molar-refractivity contribution in [1.29, 1.82) is 0 Å². The van der Waals surface area contributed by atoms with E-state index in [4.69, 9.17) is 0 Å². The first-order valence-electron chi connectivity index (χ1n) is 5.29. The lowest BCUT2D eigenvalue weighted by Gasteiger charge is -2.42. The molecule has 2 aliphatic rings. The Hall–Kier alpha value is -0.120. The van der Waals surface area contributed by atoms with Gasteiger partial charge in [-0.25, -0.2) is 0 Å². The molecule has 2 atom stereocenters. The Morgan fingerprint density at radius 1 is 0.692 bits per heavy atom. The molecule has 2 fully saturated rings. The van der Waals surface area contributed by atoms with Crippen LogP contribution in [0.25, 0.3) is 0 Å². The predicted octanol–water partition coefficient (Wildman–Crippen LogP) is -0.205. The van der Waals surface area contributed by atoms with E-state index in [1.54, 1.807) is 0 Å². The van der Waals surface area contributed by atoms with Crippen LogP contribution in [0.2, 0.25) is 0 Å². The Balaban J connectivity index is 2.16. The third kappa shape index (κ3) is 1.49. The van der Waals surface area contributed by atoms with Crippen molar-refractivity contribution in [2.75, 3.05) is 39.3 Å². The summed E-state index contributed by atoms with van der Waals surface area (Å²) in [6.07, 6.45) is 0. The molecule has 0 saturated carbocycles. The van der Waals surface area contributed by atoms with Crippen LogP contribution in [0.15, 0.2) is 0 Å². The quantitative estimate of drug-likeness (QED) is 0.486. The molecule has 0 spiro atoms. The zero-order valence-electron chi connectivity index (χ0n) is 8.74. The predicted molar refractivity (Wildman–Crippen MR) is 54.8 cm³/mol. The first kappa shape index (κ1) is 9.44. The minimum atomic E-state index is 0.417. The Kier molecular flexibility index (Phi) is 2.34. The van der Waals surface area contributed by atoms with E-state index in [2.05, 4.69) is 29.8 Å². The lowest BCUT2D eigenvalue weighted by molar-refractivity contribution is 0.120. The average Bonchev–Trinajstić information content (AvgIpc) is 2.32. The standard InChI is InChI=1S/C10H21N3/c1-9-5-11-3-4-12-6-10(9,2)8-13-7-9/h11-13H,3-8H2,1-2H3. The Morgan fingerprint density at radius 2 is 1.08 bits per heavy atom. The van der Waals surface area contributed by atoms with Crippen LogP contribution < -0.4 is 16.0 Å². The molecule has 0 aromatic heterocycles. The monoisotopic (exact) mass is 183 g/mol. The minimum absolute atomic E-state index is 0.417. The first-order valence-corrected chi connectivity index (χ1v) is 5.29. The second kappa shape index (κ2) is 3.23. The molecular formula is C10H21N3. The maximum atomic E-state index is 3.52. The molecule has 13 heavy (non-hydrogen) atoms. The van der Waals surface area contributed by atoms with Gasteiger partial charge in [0.15, 0.2) is 0 Å². The zero-order valence-corrected chi connectivity index (χ0v) is 8.74. The number of fused-ring (bicyclic) bond motifs is 1. The van der Waals surface area contributed by atoms with Crippen LogP contribution in [0.5, 0.6) is 0 Å². The van der Waals surface area contributed by atoms with E-state index in [1.165, 1.54) is 0 Å². The van der Waals surface area contributed by atoms with Crippen LogP contribution in [-0.2, 0) is 0 Å². The Bertz CT molecular complexity index is 175. The van der Waals surface area contributed by atoms with E-state index in [1.807, 2.05) is 0 Å². The van der Waals surface area contributed by atoms with Gasteiger partial charge < -0.3 is 16.0 Å². The van der Waals surface area contributed by atoms with Gasteiger partial charge in [0.2, 0.25) is 0 Å². The number of rotatable bonds is 0. The molecule has 2 unspecified atom stereocenters. The molecule has 0 amide bonds. The van der Waals surface area contributed by atoms with Gasteiger partial charge in [-0.05, 0) is 0 Å². The highest BCUT2D eigenvalue weighted by molar-refractivity contribution is 5.03. The van der Waals surface area contributed by atoms with Gasteiger partial charge in [0.25, 0.3) is 0 Å². The second-order valence-electron chi connectivity index (χ2n) is 5.08. The van der Waals surface area contributed by atoms with Gasteiger partial charge in [0.05, 0.1) is 0 Å². The third-order valence-electron chi connectivity index (χ3n) is 4.00. The van der Waals surface area contributed by atoms with Crippen molar-refractivity contribution in [2.45, 2.75) is 13.8 Å². The van der Waals surface area contributed by atoms with Crippen LogP contribution in [0, 0.1) is 10.8 Å². The van der Waals surface area contributed by atoms with Gasteiger partial charge in [-0.2, -0.15) is 0 Å². The van der Waals surface area contributed by atoms with Gasteiger partial charge in [0.1, 0.15) is 0 Å². The van der Waals surface area contributed by atoms with Crippen molar-refractivity contribution < 1.29 is 0 Å². The molecule has 2 saturated heterocycles. The van der Waals surface area contributed by atoms with Crippen LogP contribution in [0.1, 0.15) is 13.8 Å². The summed E-state index contributed by atoms with van der Waals surface area (Å²) in [4.78, 5) is 0. The summed E-state index contributed by atoms with van der Waals surface area (Å²) in [6.45, 7) is 11.6. The fraction of sp³-hybridized carbons (Fsp3) is 1.00. The molecule has 0 aromatic rings. The topological polar surface area (TPSA) is 36.1 Å². The Morgan fingerprint density at radius 3 is 1.54 bits per heavy atom. The smallest absolute Gasteiger partial charge is 0.00769 e. The van der Waals surface area contributed by atoms with Crippen molar-refractivity contribution in [2.24, 2.45) is 10.8 Å². The molecule has 0 bridgehead atoms. The molecule has 2 aliphatic heterocycles. The first-order chi connectivity index (χ1) is 6.16. The highest BCUT2D eigenvalue weighted by atomic mass is 15.1. The van der Waals surface area contributed by atoms with Crippen LogP contribution in [-0.4, -0.2) is 39.3 Å². The number of nitrogens with one attached hydrogen (secondary N) is 3. The van der Waals surface area contributed by atoms with E-state index in [0.29, 0.717) is 10.8 Å². The number of hydrogen-bond acceptors (Lipinski definition) is 3. The molecule has 3 nitrogen and oxygen atoms in total. The highest BCUT2D eigenvalue weighted by Gasteiger charge is 2.48. The van der Waals surface area contributed by atoms with E-state index < -0.39 is 0 Å². The van der Waals surface area contributed by atoms with Crippen molar-refractivity contribution in [3.05, 3.63) is 0 Å². The molecule has 0 radical (unpaired) electrons. The molecular weight excluding hydrogens is 162 g/mol. The summed E-state index contributed by atoms with van der Waals surface area (Å²) in [5.74, 6) is 0. The molecule has 76 valence electrons. The summed E-state index contributed by atoms with van der Waals surface area (Å²) in [7, 11) is 0. The fourth-order valence-electron chi connectivity index (χ4n) is 2.50. The normalized spacial score (nSPS) is 46.6. The maximum absolute atomic E-state index is 3.52. The SMILES string of the molecule is CC12CNCCNCC1(C)CNC2. The third-order valence-corrected chi connectivity index (χ3v) is 4.00. The summed E-state index contributed by atoms with van der Waals surface area (Å²) in [5, 5.41) is 10.6. The van der Waals surface area contributed by atoms with E-state index in [0.717, 1.165) is 39.3 Å². The summed E-state index contributed by atoms with van der Waals surface area (Å²) >= 11 is 0. The highest BCUT2D eigenvalue weighted by Crippen LogP contribution is 2.41. The largest absolute Gasteiger partial charge is 0.316 e. The lowest BCUT2D eigenvalue weighted by Crippen LogP contribution is -2.53. The maximum Gasteiger partial charge on any atom is 0.00769 e. The van der Waals surface area contributed by atoms with Gasteiger partial charge >= 0.3 is 0 Å². The minimum Gasteiger partial charge on any atom is -0.316 e. The van der Waals surface area contributed by atoms with Gasteiger partial charge in [-0.15, -0.1) is 0 Å². The molecule has 2 rings (SSSR count). The zero-order chi connectivity index (χ0) is 9.36. The lowest BCUT2D eigenvalue weighted by atomic mass is 9.67. The van der Waals surface area contributed by atoms with Crippen molar-refractivity contribution in [3.8, 4) is 0 Å². The van der Waals surface area contributed by atoms with Crippen molar-refractivity contribution >= 4 is 0 Å². The Labute approximate surface area is 80.7 Å². The van der Waals surface area contributed by atoms with E-state index in [-0.39, 0.29) is 0 Å². The van der Waals surface area contributed by atoms with Crippen LogP contribution in [0.3, 0.4) is 0 Å². The van der Waals surface area contributed by atoms with Crippen molar-refractivity contribution in [3.63, 3.8) is 0 Å². The van der Waals surface area contributed by atoms with E-state index in [9.17, 15) is 0 Å². The van der Waals surface area contributed by atoms with E-state index >= 15 is 0 Å². The molecule has 2 heterocycles. The van der Waals surface area contributed by atoms with Gasteiger partial charge in [-0.3, -0.25) is 0 Å². The summed E-state index contributed by atoms with van der Waals surface area (Å²) in [6, 6.07) is 0. The molecule has 0 aliphatic carbocycles. The molecule has 0 aromatic carbocycles. The van der Waals surface area contributed by atoms with Crippen LogP contribution in [0.4, 0.5) is 0 Å². The second-order valence-corrected chi connectivity index (χ2v) is 5.08. The molecule has 3 N–H and O–H groups in total. The molecule has 3 heteroatoms. The summed E-state index contributed by atoms with van der Waals surface area (Å²) < 4.78 is 0. The van der Waals surface area contributed by atoms with Crippen LogP contribution >= 0.6 is 0 Å². The number of hydrogen-bond donors (Lipinski definition) is 3.